The average molecular weight is 336 g/mol. The second kappa shape index (κ2) is 12.9. The lowest BCUT2D eigenvalue weighted by molar-refractivity contribution is -0.117. The quantitative estimate of drug-likeness (QED) is 0.767. The summed E-state index contributed by atoms with van der Waals surface area (Å²) in [6, 6.07) is 7.93. The maximum absolute atomic E-state index is 12.0. The maximum Gasteiger partial charge on any atom is 0.238 e. The van der Waals surface area contributed by atoms with Gasteiger partial charge in [0.05, 0.1) is 6.54 Å². The molecule has 0 saturated heterocycles. The van der Waals surface area contributed by atoms with Gasteiger partial charge >= 0.3 is 0 Å². The van der Waals surface area contributed by atoms with E-state index >= 15 is 0 Å². The first-order chi connectivity index (χ1) is 9.21. The van der Waals surface area contributed by atoms with Crippen LogP contribution in [0.4, 0.5) is 5.69 Å². The molecule has 1 amide bonds. The number of benzene rings is 1. The van der Waals surface area contributed by atoms with Crippen LogP contribution in [0.2, 0.25) is 0 Å². The molecular weight excluding hydrogens is 309 g/mol. The van der Waals surface area contributed by atoms with Crippen LogP contribution >= 0.6 is 24.8 Å². The molecule has 6 heteroatoms. The Labute approximate surface area is 140 Å². The lowest BCUT2D eigenvalue weighted by Gasteiger charge is -2.18. The number of nitrogens with zero attached hydrogens (tertiary/aromatic N) is 1. The zero-order valence-corrected chi connectivity index (χ0v) is 14.6. The van der Waals surface area contributed by atoms with Crippen molar-refractivity contribution < 1.29 is 4.79 Å². The third kappa shape index (κ3) is 8.27. The second-order valence-electron chi connectivity index (χ2n) is 4.45. The summed E-state index contributed by atoms with van der Waals surface area (Å²) in [6.45, 7) is 10.1. The van der Waals surface area contributed by atoms with Crippen LogP contribution in [0.5, 0.6) is 0 Å². The van der Waals surface area contributed by atoms with Crippen LogP contribution in [0.1, 0.15) is 26.3 Å². The molecule has 0 spiro atoms. The second-order valence-corrected chi connectivity index (χ2v) is 4.45. The van der Waals surface area contributed by atoms with E-state index in [2.05, 4.69) is 36.3 Å². The summed E-state index contributed by atoms with van der Waals surface area (Å²) in [7, 11) is 0. The zero-order valence-electron chi connectivity index (χ0n) is 13.0. The predicted octanol–water partition coefficient (Wildman–Crippen LogP) is 2.92. The molecule has 1 aromatic rings. The summed E-state index contributed by atoms with van der Waals surface area (Å²) in [5.74, 6) is 0.0487. The van der Waals surface area contributed by atoms with E-state index in [0.29, 0.717) is 6.54 Å². The third-order valence-electron chi connectivity index (χ3n) is 3.12. The van der Waals surface area contributed by atoms with E-state index in [1.54, 1.807) is 0 Å². The molecule has 0 aliphatic rings. The largest absolute Gasteiger partial charge is 0.325 e. The molecule has 0 aliphatic carbocycles. The first-order valence-electron chi connectivity index (χ1n) is 7.02. The molecule has 0 saturated carbocycles. The van der Waals surface area contributed by atoms with Gasteiger partial charge in [0.2, 0.25) is 5.91 Å². The molecule has 1 rings (SSSR count). The summed E-state index contributed by atoms with van der Waals surface area (Å²) >= 11 is 0. The number of rotatable bonds is 8. The number of hydrogen-bond acceptors (Lipinski definition) is 3. The zero-order chi connectivity index (χ0) is 14.1. The van der Waals surface area contributed by atoms with Crippen molar-refractivity contribution in [2.45, 2.75) is 27.3 Å². The Morgan fingerprint density at radius 2 is 1.71 bits per heavy atom. The Balaban J connectivity index is 0. The number of carbonyl (C=O) groups excluding carboxylic acids is 1. The molecule has 21 heavy (non-hydrogen) atoms. The fourth-order valence-corrected chi connectivity index (χ4v) is 1.90. The Kier molecular flexibility index (Phi) is 13.8. The molecule has 0 unspecified atom stereocenters. The van der Waals surface area contributed by atoms with Crippen molar-refractivity contribution in [2.75, 3.05) is 31.5 Å². The van der Waals surface area contributed by atoms with Gasteiger partial charge in [0.25, 0.3) is 0 Å². The first-order valence-corrected chi connectivity index (χ1v) is 7.02. The molecule has 0 aromatic heterocycles. The van der Waals surface area contributed by atoms with Crippen LogP contribution in [-0.2, 0) is 11.3 Å². The number of amides is 1. The molecule has 0 bridgehead atoms. The standard InChI is InChI=1S/C15H25N3O.2ClH/c1-4-16-11-13-9-7-8-10-14(13)17-15(19)12-18(5-2)6-3;;/h7-10,16H,4-6,11-12H2,1-3H3,(H,17,19);2*1H. The highest BCUT2D eigenvalue weighted by Gasteiger charge is 2.09. The van der Waals surface area contributed by atoms with Crippen molar-refractivity contribution in [3.05, 3.63) is 29.8 Å². The van der Waals surface area contributed by atoms with Gasteiger partial charge in [-0.2, -0.15) is 0 Å². The predicted molar refractivity (Wildman–Crippen MR) is 94.7 cm³/mol. The molecule has 0 radical (unpaired) electrons. The van der Waals surface area contributed by atoms with Crippen LogP contribution in [0.25, 0.3) is 0 Å². The number of para-hydroxylation sites is 1. The van der Waals surface area contributed by atoms with Gasteiger partial charge in [-0.15, -0.1) is 24.8 Å². The highest BCUT2D eigenvalue weighted by atomic mass is 35.5. The van der Waals surface area contributed by atoms with Gasteiger partial charge in [-0.3, -0.25) is 9.69 Å². The van der Waals surface area contributed by atoms with Crippen LogP contribution in [0, 0.1) is 0 Å². The molecule has 122 valence electrons. The van der Waals surface area contributed by atoms with E-state index in [1.807, 2.05) is 24.3 Å². The molecular formula is C15H27Cl2N3O. The summed E-state index contributed by atoms with van der Waals surface area (Å²) in [5.41, 5.74) is 2.03. The minimum Gasteiger partial charge on any atom is -0.325 e. The van der Waals surface area contributed by atoms with Gasteiger partial charge in [0.15, 0.2) is 0 Å². The number of likely N-dealkylation sites (N-methyl/N-ethyl adjacent to an activating group) is 1. The molecule has 2 N–H and O–H groups in total. The van der Waals surface area contributed by atoms with Crippen molar-refractivity contribution >= 4 is 36.4 Å². The van der Waals surface area contributed by atoms with Gasteiger partial charge in [-0.25, -0.2) is 0 Å². The lowest BCUT2D eigenvalue weighted by Crippen LogP contribution is -2.33. The van der Waals surface area contributed by atoms with Crippen LogP contribution in [0.3, 0.4) is 0 Å². The number of hydrogen-bond donors (Lipinski definition) is 2. The summed E-state index contributed by atoms with van der Waals surface area (Å²) < 4.78 is 0. The van der Waals surface area contributed by atoms with Crippen molar-refractivity contribution in [1.29, 1.82) is 0 Å². The van der Waals surface area contributed by atoms with Crippen LogP contribution < -0.4 is 10.6 Å². The molecule has 0 fully saturated rings. The van der Waals surface area contributed by atoms with E-state index < -0.39 is 0 Å². The Hall–Kier alpha value is -0.810. The third-order valence-corrected chi connectivity index (χ3v) is 3.12. The fourth-order valence-electron chi connectivity index (χ4n) is 1.90. The summed E-state index contributed by atoms with van der Waals surface area (Å²) in [4.78, 5) is 14.1. The fraction of sp³-hybridized carbons (Fsp3) is 0.533. The SMILES string of the molecule is CCNCc1ccccc1NC(=O)CN(CC)CC.Cl.Cl. The smallest absolute Gasteiger partial charge is 0.238 e. The summed E-state index contributed by atoms with van der Waals surface area (Å²) in [5, 5.41) is 6.28. The normalized spacial score (nSPS) is 9.71. The van der Waals surface area contributed by atoms with Crippen molar-refractivity contribution in [1.82, 2.24) is 10.2 Å². The topological polar surface area (TPSA) is 44.4 Å². The van der Waals surface area contributed by atoms with E-state index in [4.69, 9.17) is 0 Å². The number of nitrogens with one attached hydrogen (secondary N) is 2. The minimum absolute atomic E-state index is 0. The number of halogens is 2. The highest BCUT2D eigenvalue weighted by Crippen LogP contribution is 2.14. The molecule has 0 heterocycles. The molecule has 4 nitrogen and oxygen atoms in total. The van der Waals surface area contributed by atoms with Crippen LogP contribution in [0.15, 0.2) is 24.3 Å². The Morgan fingerprint density at radius 1 is 1.10 bits per heavy atom. The monoisotopic (exact) mass is 335 g/mol. The van der Waals surface area contributed by atoms with Gasteiger partial charge in [-0.1, -0.05) is 39.0 Å². The Morgan fingerprint density at radius 3 is 2.29 bits per heavy atom. The molecule has 0 atom stereocenters. The van der Waals surface area contributed by atoms with Gasteiger partial charge in [0, 0.05) is 12.2 Å². The minimum atomic E-state index is 0. The number of anilines is 1. The summed E-state index contributed by atoms with van der Waals surface area (Å²) in [6.07, 6.45) is 0. The number of carbonyl (C=O) groups is 1. The lowest BCUT2D eigenvalue weighted by atomic mass is 10.1. The van der Waals surface area contributed by atoms with E-state index in [1.165, 1.54) is 0 Å². The molecule has 0 aliphatic heterocycles. The van der Waals surface area contributed by atoms with Crippen molar-refractivity contribution in [3.8, 4) is 0 Å². The maximum atomic E-state index is 12.0. The van der Waals surface area contributed by atoms with Crippen molar-refractivity contribution in [2.24, 2.45) is 0 Å². The van der Waals surface area contributed by atoms with Gasteiger partial charge < -0.3 is 10.6 Å². The van der Waals surface area contributed by atoms with Crippen molar-refractivity contribution in [3.63, 3.8) is 0 Å². The van der Waals surface area contributed by atoms with E-state index in [-0.39, 0.29) is 30.7 Å². The molecule has 1 aromatic carbocycles. The average Bonchev–Trinajstić information content (AvgIpc) is 2.43. The van der Waals surface area contributed by atoms with E-state index in [0.717, 1.165) is 37.4 Å². The Bertz CT molecular complexity index is 398. The van der Waals surface area contributed by atoms with E-state index in [9.17, 15) is 4.79 Å². The van der Waals surface area contributed by atoms with Gasteiger partial charge in [-0.05, 0) is 31.3 Å². The van der Waals surface area contributed by atoms with Crippen LogP contribution in [-0.4, -0.2) is 37.0 Å². The highest BCUT2D eigenvalue weighted by molar-refractivity contribution is 5.93. The van der Waals surface area contributed by atoms with Gasteiger partial charge in [0.1, 0.15) is 0 Å². The first kappa shape index (κ1) is 22.5.